The molecule has 4 nitrogen and oxygen atoms in total. The van der Waals surface area contributed by atoms with Crippen molar-refractivity contribution in [1.29, 1.82) is 0 Å². The fourth-order valence-corrected chi connectivity index (χ4v) is 1.57. The summed E-state index contributed by atoms with van der Waals surface area (Å²) in [5.41, 5.74) is 2.88. The number of hydrogen-bond acceptors (Lipinski definition) is 3. The van der Waals surface area contributed by atoms with Crippen LogP contribution >= 0.6 is 0 Å². The molecule has 0 unspecified atom stereocenters. The standard InChI is InChI=1S/C11H8N4/c1-2-9(8-12-5-1)10-3-6-13-11-4-7-14-15(10)11/h1-8H. The van der Waals surface area contributed by atoms with Crippen LogP contribution in [0.25, 0.3) is 16.9 Å². The van der Waals surface area contributed by atoms with Crippen LogP contribution in [0.15, 0.2) is 49.1 Å². The zero-order chi connectivity index (χ0) is 10.1. The molecule has 3 rings (SSSR count). The van der Waals surface area contributed by atoms with Crippen molar-refractivity contribution in [3.05, 3.63) is 49.1 Å². The van der Waals surface area contributed by atoms with E-state index >= 15 is 0 Å². The van der Waals surface area contributed by atoms with Gasteiger partial charge < -0.3 is 0 Å². The van der Waals surface area contributed by atoms with E-state index < -0.39 is 0 Å². The molecule has 3 aromatic heterocycles. The molecule has 72 valence electrons. The zero-order valence-corrected chi connectivity index (χ0v) is 7.91. The lowest BCUT2D eigenvalue weighted by Gasteiger charge is -2.02. The molecule has 0 aliphatic carbocycles. The van der Waals surface area contributed by atoms with Gasteiger partial charge in [-0.2, -0.15) is 5.10 Å². The summed E-state index contributed by atoms with van der Waals surface area (Å²) in [6.07, 6.45) is 7.09. The Kier molecular flexibility index (Phi) is 1.71. The molecular formula is C11H8N4. The number of hydrogen-bond donors (Lipinski definition) is 0. The largest absolute Gasteiger partial charge is 0.264 e. The van der Waals surface area contributed by atoms with Gasteiger partial charge in [-0.15, -0.1) is 0 Å². The summed E-state index contributed by atoms with van der Waals surface area (Å²) in [5, 5.41) is 4.22. The summed E-state index contributed by atoms with van der Waals surface area (Å²) in [6.45, 7) is 0. The van der Waals surface area contributed by atoms with Crippen LogP contribution in [0.4, 0.5) is 0 Å². The smallest absolute Gasteiger partial charge is 0.155 e. The Balaban J connectivity index is 2.31. The Labute approximate surface area is 86.2 Å². The van der Waals surface area contributed by atoms with Crippen molar-refractivity contribution in [3.8, 4) is 11.3 Å². The van der Waals surface area contributed by atoms with Crippen molar-refractivity contribution >= 4 is 5.65 Å². The predicted molar refractivity (Wildman–Crippen MR) is 56.2 cm³/mol. The van der Waals surface area contributed by atoms with Gasteiger partial charge in [0.1, 0.15) is 0 Å². The summed E-state index contributed by atoms with van der Waals surface area (Å²) in [7, 11) is 0. The van der Waals surface area contributed by atoms with E-state index in [-0.39, 0.29) is 0 Å². The lowest BCUT2D eigenvalue weighted by Crippen LogP contribution is -1.95. The van der Waals surface area contributed by atoms with Gasteiger partial charge in [0.2, 0.25) is 0 Å². The van der Waals surface area contributed by atoms with Gasteiger partial charge in [0.25, 0.3) is 0 Å². The van der Waals surface area contributed by atoms with Gasteiger partial charge in [0, 0.05) is 30.2 Å². The maximum Gasteiger partial charge on any atom is 0.155 e. The Morgan fingerprint density at radius 2 is 2.00 bits per heavy atom. The van der Waals surface area contributed by atoms with Crippen molar-refractivity contribution in [2.75, 3.05) is 0 Å². The molecule has 0 bridgehead atoms. The maximum atomic E-state index is 4.22. The summed E-state index contributed by atoms with van der Waals surface area (Å²) in [5.74, 6) is 0. The highest BCUT2D eigenvalue weighted by Crippen LogP contribution is 2.17. The molecule has 3 heterocycles. The summed E-state index contributed by atoms with van der Waals surface area (Å²) < 4.78 is 1.80. The Bertz CT molecular complexity index is 586. The van der Waals surface area contributed by atoms with E-state index in [1.54, 1.807) is 23.1 Å². The Morgan fingerprint density at radius 3 is 2.87 bits per heavy atom. The molecule has 4 heteroatoms. The number of rotatable bonds is 1. The SMILES string of the molecule is c1cncc(-c2ccnc3ccnn23)c1. The first-order valence-corrected chi connectivity index (χ1v) is 4.64. The lowest BCUT2D eigenvalue weighted by atomic mass is 10.2. The van der Waals surface area contributed by atoms with Crippen LogP contribution in [0.2, 0.25) is 0 Å². The topological polar surface area (TPSA) is 43.1 Å². The van der Waals surface area contributed by atoms with Crippen molar-refractivity contribution in [2.24, 2.45) is 0 Å². The first-order valence-electron chi connectivity index (χ1n) is 4.64. The lowest BCUT2D eigenvalue weighted by molar-refractivity contribution is 0.947. The second-order valence-electron chi connectivity index (χ2n) is 3.17. The molecule has 0 atom stereocenters. The fourth-order valence-electron chi connectivity index (χ4n) is 1.57. The third-order valence-corrected chi connectivity index (χ3v) is 2.25. The van der Waals surface area contributed by atoms with Gasteiger partial charge in [-0.3, -0.25) is 4.98 Å². The molecule has 0 aliphatic rings. The molecule has 0 aromatic carbocycles. The first kappa shape index (κ1) is 8.11. The van der Waals surface area contributed by atoms with Gasteiger partial charge in [-0.25, -0.2) is 9.50 Å². The summed E-state index contributed by atoms with van der Waals surface area (Å²) in [6, 6.07) is 7.71. The van der Waals surface area contributed by atoms with E-state index in [1.165, 1.54) is 0 Å². The van der Waals surface area contributed by atoms with E-state index in [0.29, 0.717) is 0 Å². The average molecular weight is 196 g/mol. The summed E-state index contributed by atoms with van der Waals surface area (Å²) in [4.78, 5) is 8.30. The second kappa shape index (κ2) is 3.16. The molecule has 15 heavy (non-hydrogen) atoms. The van der Waals surface area contributed by atoms with Gasteiger partial charge in [-0.1, -0.05) is 0 Å². The van der Waals surface area contributed by atoms with Crippen molar-refractivity contribution in [1.82, 2.24) is 19.6 Å². The number of aromatic nitrogens is 4. The van der Waals surface area contributed by atoms with E-state index in [9.17, 15) is 0 Å². The van der Waals surface area contributed by atoms with Crippen LogP contribution in [-0.4, -0.2) is 19.6 Å². The van der Waals surface area contributed by atoms with Crippen molar-refractivity contribution in [2.45, 2.75) is 0 Å². The quantitative estimate of drug-likeness (QED) is 0.596. The predicted octanol–water partition coefficient (Wildman–Crippen LogP) is 1.79. The number of fused-ring (bicyclic) bond motifs is 1. The van der Waals surface area contributed by atoms with Crippen LogP contribution in [0.1, 0.15) is 0 Å². The average Bonchev–Trinajstić information content (AvgIpc) is 2.78. The van der Waals surface area contributed by atoms with E-state index in [2.05, 4.69) is 15.1 Å². The first-order chi connectivity index (χ1) is 7.45. The van der Waals surface area contributed by atoms with Crippen LogP contribution < -0.4 is 0 Å². The highest BCUT2D eigenvalue weighted by Gasteiger charge is 2.03. The molecule has 0 spiro atoms. The van der Waals surface area contributed by atoms with Crippen LogP contribution in [0.3, 0.4) is 0 Å². The third-order valence-electron chi connectivity index (χ3n) is 2.25. The summed E-state index contributed by atoms with van der Waals surface area (Å²) >= 11 is 0. The van der Waals surface area contributed by atoms with Gasteiger partial charge in [0.15, 0.2) is 5.65 Å². The minimum Gasteiger partial charge on any atom is -0.264 e. The van der Waals surface area contributed by atoms with Crippen LogP contribution in [0.5, 0.6) is 0 Å². The third kappa shape index (κ3) is 1.27. The zero-order valence-electron chi connectivity index (χ0n) is 7.91. The molecule has 0 saturated heterocycles. The van der Waals surface area contributed by atoms with Crippen molar-refractivity contribution in [3.63, 3.8) is 0 Å². The Morgan fingerprint density at radius 1 is 1.00 bits per heavy atom. The monoisotopic (exact) mass is 196 g/mol. The molecule has 0 aliphatic heterocycles. The van der Waals surface area contributed by atoms with E-state index in [0.717, 1.165) is 16.9 Å². The van der Waals surface area contributed by atoms with Crippen LogP contribution in [-0.2, 0) is 0 Å². The molecule has 0 fully saturated rings. The van der Waals surface area contributed by atoms with Crippen molar-refractivity contribution < 1.29 is 0 Å². The molecule has 0 radical (unpaired) electrons. The van der Waals surface area contributed by atoms with E-state index in [1.807, 2.05) is 30.5 Å². The second-order valence-corrected chi connectivity index (χ2v) is 3.17. The molecule has 0 saturated carbocycles. The fraction of sp³-hybridized carbons (Fsp3) is 0. The van der Waals surface area contributed by atoms with Crippen LogP contribution in [0, 0.1) is 0 Å². The highest BCUT2D eigenvalue weighted by atomic mass is 15.2. The van der Waals surface area contributed by atoms with Gasteiger partial charge >= 0.3 is 0 Å². The minimum absolute atomic E-state index is 0.844. The molecule has 3 aromatic rings. The van der Waals surface area contributed by atoms with Gasteiger partial charge in [0.05, 0.1) is 11.9 Å². The number of nitrogens with zero attached hydrogens (tertiary/aromatic N) is 4. The highest BCUT2D eigenvalue weighted by molar-refractivity contribution is 5.60. The number of pyridine rings is 1. The minimum atomic E-state index is 0.844. The normalized spacial score (nSPS) is 10.7. The maximum absolute atomic E-state index is 4.22. The van der Waals surface area contributed by atoms with Gasteiger partial charge in [-0.05, 0) is 18.2 Å². The molecule has 0 N–H and O–H groups in total. The Hall–Kier alpha value is -2.23. The van der Waals surface area contributed by atoms with E-state index in [4.69, 9.17) is 0 Å². The molecule has 0 amide bonds. The molecular weight excluding hydrogens is 188 g/mol.